The fourth-order valence-electron chi connectivity index (χ4n) is 4.60. The average Bonchev–Trinajstić information content (AvgIpc) is 3.31. The zero-order valence-corrected chi connectivity index (χ0v) is 19.6. The monoisotopic (exact) mass is 455 g/mol. The van der Waals surface area contributed by atoms with Crippen molar-refractivity contribution in [3.05, 3.63) is 65.2 Å². The number of nitrogens with zero attached hydrogens (tertiary/aromatic N) is 2. The molecule has 1 amide bonds. The highest BCUT2D eigenvalue weighted by atomic mass is 32.2. The van der Waals surface area contributed by atoms with Crippen molar-refractivity contribution < 1.29 is 13.2 Å². The van der Waals surface area contributed by atoms with Crippen LogP contribution in [0.2, 0.25) is 0 Å². The predicted molar refractivity (Wildman–Crippen MR) is 125 cm³/mol. The Labute approximate surface area is 191 Å². The molecule has 2 aromatic carbocycles. The Morgan fingerprint density at radius 2 is 1.72 bits per heavy atom. The van der Waals surface area contributed by atoms with Crippen molar-refractivity contribution in [2.24, 2.45) is 5.92 Å². The number of benzene rings is 2. The van der Waals surface area contributed by atoms with Gasteiger partial charge in [-0.3, -0.25) is 9.69 Å². The van der Waals surface area contributed by atoms with E-state index in [0.29, 0.717) is 30.8 Å². The summed E-state index contributed by atoms with van der Waals surface area (Å²) in [6.07, 6.45) is 3.94. The second-order valence-corrected chi connectivity index (χ2v) is 11.0. The quantitative estimate of drug-likeness (QED) is 0.696. The highest BCUT2D eigenvalue weighted by Gasteiger charge is 2.33. The van der Waals surface area contributed by atoms with Gasteiger partial charge in [-0.25, -0.2) is 8.42 Å². The molecule has 0 radical (unpaired) electrons. The van der Waals surface area contributed by atoms with Crippen LogP contribution in [0.25, 0.3) is 0 Å². The normalized spacial score (nSPS) is 20.3. The van der Waals surface area contributed by atoms with Crippen LogP contribution in [-0.4, -0.2) is 49.7 Å². The standard InChI is InChI=1S/C25H33N3O3S/c1-20-9-11-24(12-10-20)32(30,31)28-15-5-8-23(19-28)25(29)26-17-21-6-4-7-22(16-21)18-27-13-2-3-14-27/h4,6-7,9-12,16,23H,2-3,5,8,13-15,17-19H2,1H3,(H,26,29)/t23-/m0/s1. The van der Waals surface area contributed by atoms with Gasteiger partial charge in [-0.15, -0.1) is 0 Å². The lowest BCUT2D eigenvalue weighted by Gasteiger charge is -2.31. The summed E-state index contributed by atoms with van der Waals surface area (Å²) in [7, 11) is -3.58. The van der Waals surface area contributed by atoms with E-state index in [2.05, 4.69) is 22.3 Å². The number of carbonyl (C=O) groups is 1. The molecule has 0 aliphatic carbocycles. The number of hydrogen-bond acceptors (Lipinski definition) is 4. The van der Waals surface area contributed by atoms with E-state index in [1.165, 1.54) is 22.7 Å². The first-order valence-corrected chi connectivity index (χ1v) is 13.0. The topological polar surface area (TPSA) is 69.7 Å². The Morgan fingerprint density at radius 1 is 1.00 bits per heavy atom. The van der Waals surface area contributed by atoms with Crippen molar-refractivity contribution in [1.82, 2.24) is 14.5 Å². The Balaban J connectivity index is 1.34. The Hall–Kier alpha value is -2.22. The van der Waals surface area contributed by atoms with E-state index in [1.54, 1.807) is 24.3 Å². The van der Waals surface area contributed by atoms with Crippen LogP contribution in [0.15, 0.2) is 53.4 Å². The van der Waals surface area contributed by atoms with E-state index in [1.807, 2.05) is 19.1 Å². The number of rotatable bonds is 7. The zero-order valence-electron chi connectivity index (χ0n) is 18.8. The molecule has 2 aromatic rings. The molecule has 2 fully saturated rings. The van der Waals surface area contributed by atoms with E-state index in [0.717, 1.165) is 30.8 Å². The number of carbonyl (C=O) groups excluding carboxylic acids is 1. The smallest absolute Gasteiger partial charge is 0.243 e. The Morgan fingerprint density at radius 3 is 2.47 bits per heavy atom. The first-order chi connectivity index (χ1) is 15.4. The number of aryl methyl sites for hydroxylation is 1. The molecule has 2 heterocycles. The summed E-state index contributed by atoms with van der Waals surface area (Å²) < 4.78 is 27.5. The zero-order chi connectivity index (χ0) is 22.6. The van der Waals surface area contributed by atoms with Crippen LogP contribution in [0.1, 0.15) is 42.4 Å². The van der Waals surface area contributed by atoms with Gasteiger partial charge < -0.3 is 5.32 Å². The van der Waals surface area contributed by atoms with Crippen molar-refractivity contribution in [3.63, 3.8) is 0 Å². The number of amides is 1. The lowest BCUT2D eigenvalue weighted by molar-refractivity contribution is -0.126. The van der Waals surface area contributed by atoms with E-state index >= 15 is 0 Å². The number of likely N-dealkylation sites (tertiary alicyclic amines) is 1. The number of piperidine rings is 1. The molecule has 0 bridgehead atoms. The van der Waals surface area contributed by atoms with Gasteiger partial charge in [0.05, 0.1) is 10.8 Å². The Bertz CT molecular complexity index is 1030. The molecule has 2 saturated heterocycles. The second-order valence-electron chi connectivity index (χ2n) is 9.04. The molecule has 2 aliphatic rings. The lowest BCUT2D eigenvalue weighted by atomic mass is 9.98. The van der Waals surface area contributed by atoms with E-state index < -0.39 is 10.0 Å². The van der Waals surface area contributed by atoms with Crippen molar-refractivity contribution in [2.75, 3.05) is 26.2 Å². The highest BCUT2D eigenvalue weighted by Crippen LogP contribution is 2.24. The molecular formula is C25H33N3O3S. The summed E-state index contributed by atoms with van der Waals surface area (Å²) in [6, 6.07) is 15.3. The van der Waals surface area contributed by atoms with Crippen molar-refractivity contribution in [1.29, 1.82) is 0 Å². The van der Waals surface area contributed by atoms with Gasteiger partial charge in [0, 0.05) is 26.2 Å². The summed E-state index contributed by atoms with van der Waals surface area (Å²) in [6.45, 7) is 6.36. The number of sulfonamides is 1. The molecule has 0 unspecified atom stereocenters. The SMILES string of the molecule is Cc1ccc(S(=O)(=O)N2CCC[C@H](C(=O)NCc3cccc(CN4CCCC4)c3)C2)cc1. The summed E-state index contributed by atoms with van der Waals surface area (Å²) in [5.41, 5.74) is 3.37. The van der Waals surface area contributed by atoms with Gasteiger partial charge in [0.1, 0.15) is 0 Å². The van der Waals surface area contributed by atoms with Gasteiger partial charge in [0.2, 0.25) is 15.9 Å². The van der Waals surface area contributed by atoms with Crippen LogP contribution in [0.5, 0.6) is 0 Å². The van der Waals surface area contributed by atoms with Gasteiger partial charge in [-0.05, 0) is 69.0 Å². The third-order valence-corrected chi connectivity index (χ3v) is 8.36. The van der Waals surface area contributed by atoms with Crippen LogP contribution in [-0.2, 0) is 27.9 Å². The third kappa shape index (κ3) is 5.57. The molecule has 0 spiro atoms. The molecule has 7 heteroatoms. The second kappa shape index (κ2) is 10.1. The van der Waals surface area contributed by atoms with Crippen LogP contribution in [0, 0.1) is 12.8 Å². The van der Waals surface area contributed by atoms with Gasteiger partial charge >= 0.3 is 0 Å². The minimum Gasteiger partial charge on any atom is -0.352 e. The summed E-state index contributed by atoms with van der Waals surface area (Å²) in [5.74, 6) is -0.393. The van der Waals surface area contributed by atoms with E-state index in [9.17, 15) is 13.2 Å². The molecule has 6 nitrogen and oxygen atoms in total. The molecule has 4 rings (SSSR count). The van der Waals surface area contributed by atoms with E-state index in [4.69, 9.17) is 0 Å². The molecular weight excluding hydrogens is 422 g/mol. The van der Waals surface area contributed by atoms with Gasteiger partial charge in [0.25, 0.3) is 0 Å². The van der Waals surface area contributed by atoms with Gasteiger partial charge in [-0.1, -0.05) is 42.0 Å². The van der Waals surface area contributed by atoms with Crippen molar-refractivity contribution >= 4 is 15.9 Å². The first kappa shape index (κ1) is 23.0. The molecule has 32 heavy (non-hydrogen) atoms. The largest absolute Gasteiger partial charge is 0.352 e. The van der Waals surface area contributed by atoms with Crippen LogP contribution >= 0.6 is 0 Å². The average molecular weight is 456 g/mol. The minimum atomic E-state index is -3.58. The molecule has 0 aromatic heterocycles. The molecule has 1 N–H and O–H groups in total. The summed E-state index contributed by atoms with van der Waals surface area (Å²) in [5, 5.41) is 3.03. The third-order valence-electron chi connectivity index (χ3n) is 6.48. The van der Waals surface area contributed by atoms with Crippen LogP contribution in [0.4, 0.5) is 0 Å². The maximum Gasteiger partial charge on any atom is 0.243 e. The lowest BCUT2D eigenvalue weighted by Crippen LogP contribution is -2.45. The van der Waals surface area contributed by atoms with Gasteiger partial charge in [-0.2, -0.15) is 4.31 Å². The van der Waals surface area contributed by atoms with Crippen molar-refractivity contribution in [2.45, 2.75) is 50.6 Å². The number of nitrogens with one attached hydrogen (secondary N) is 1. The molecule has 0 saturated carbocycles. The fourth-order valence-corrected chi connectivity index (χ4v) is 6.13. The highest BCUT2D eigenvalue weighted by molar-refractivity contribution is 7.89. The molecule has 1 atom stereocenters. The minimum absolute atomic E-state index is 0.0706. The van der Waals surface area contributed by atoms with Gasteiger partial charge in [0.15, 0.2) is 0 Å². The predicted octanol–water partition coefficient (Wildman–Crippen LogP) is 3.31. The Kier molecular flexibility index (Phi) is 7.28. The fraction of sp³-hybridized carbons (Fsp3) is 0.480. The van der Waals surface area contributed by atoms with Crippen LogP contribution in [0.3, 0.4) is 0 Å². The molecule has 172 valence electrons. The molecule has 2 aliphatic heterocycles. The first-order valence-electron chi connectivity index (χ1n) is 11.6. The van der Waals surface area contributed by atoms with E-state index in [-0.39, 0.29) is 18.4 Å². The maximum atomic E-state index is 13.0. The summed E-state index contributed by atoms with van der Waals surface area (Å²) in [4.78, 5) is 15.6. The van der Waals surface area contributed by atoms with Crippen molar-refractivity contribution in [3.8, 4) is 0 Å². The van der Waals surface area contributed by atoms with Crippen LogP contribution < -0.4 is 5.32 Å². The summed E-state index contributed by atoms with van der Waals surface area (Å²) >= 11 is 0. The number of hydrogen-bond donors (Lipinski definition) is 1. The maximum absolute atomic E-state index is 13.0.